The van der Waals surface area contributed by atoms with Crippen LogP contribution < -0.4 is 10.1 Å². The van der Waals surface area contributed by atoms with Gasteiger partial charge in [-0.1, -0.05) is 30.3 Å². The summed E-state index contributed by atoms with van der Waals surface area (Å²) in [7, 11) is 3.32. The zero-order valence-electron chi connectivity index (χ0n) is 18.0. The minimum absolute atomic E-state index is 0.136. The van der Waals surface area contributed by atoms with Crippen LogP contribution in [0.1, 0.15) is 38.1 Å². The number of hydrogen-bond donors (Lipinski definition) is 1. The number of carbonyl (C=O) groups is 2. The summed E-state index contributed by atoms with van der Waals surface area (Å²) < 4.78 is 10.7. The lowest BCUT2D eigenvalue weighted by Crippen LogP contribution is -2.44. The highest BCUT2D eigenvalue weighted by Crippen LogP contribution is 2.31. The van der Waals surface area contributed by atoms with Crippen molar-refractivity contribution in [2.75, 3.05) is 20.7 Å². The maximum absolute atomic E-state index is 12.9. The normalized spacial score (nSPS) is 12.1. The van der Waals surface area contributed by atoms with Gasteiger partial charge in [0.1, 0.15) is 11.4 Å². The monoisotopic (exact) mass is 398 g/mol. The van der Waals surface area contributed by atoms with E-state index in [0.29, 0.717) is 17.9 Å². The lowest BCUT2D eigenvalue weighted by atomic mass is 10.0. The Morgan fingerprint density at radius 3 is 2.34 bits per heavy atom. The fourth-order valence-corrected chi connectivity index (χ4v) is 2.95. The van der Waals surface area contributed by atoms with Crippen LogP contribution in [0.25, 0.3) is 11.1 Å². The molecule has 1 N–H and O–H groups in total. The molecule has 0 spiro atoms. The van der Waals surface area contributed by atoms with Crippen LogP contribution in [0.3, 0.4) is 0 Å². The summed E-state index contributed by atoms with van der Waals surface area (Å²) in [6.07, 6.45) is -0.498. The zero-order chi connectivity index (χ0) is 21.6. The molecule has 2 aromatic rings. The van der Waals surface area contributed by atoms with Crippen molar-refractivity contribution in [1.82, 2.24) is 10.2 Å². The van der Waals surface area contributed by atoms with E-state index < -0.39 is 11.7 Å². The van der Waals surface area contributed by atoms with Gasteiger partial charge in [0, 0.05) is 30.8 Å². The average Bonchev–Trinajstić information content (AvgIpc) is 2.65. The Labute approximate surface area is 172 Å². The van der Waals surface area contributed by atoms with E-state index in [4.69, 9.17) is 9.47 Å². The molecule has 2 rings (SSSR count). The van der Waals surface area contributed by atoms with E-state index in [9.17, 15) is 9.59 Å². The molecule has 6 heteroatoms. The van der Waals surface area contributed by atoms with Crippen molar-refractivity contribution < 1.29 is 19.1 Å². The van der Waals surface area contributed by atoms with Crippen molar-refractivity contribution in [1.29, 1.82) is 0 Å². The largest absolute Gasteiger partial charge is 0.496 e. The van der Waals surface area contributed by atoms with E-state index in [1.54, 1.807) is 52.0 Å². The van der Waals surface area contributed by atoms with Gasteiger partial charge in [-0.25, -0.2) is 4.79 Å². The quantitative estimate of drug-likeness (QED) is 0.786. The molecular formula is C23H30N2O4. The van der Waals surface area contributed by atoms with Crippen LogP contribution in [-0.4, -0.2) is 49.2 Å². The lowest BCUT2D eigenvalue weighted by Gasteiger charge is -2.25. The molecule has 6 nitrogen and oxygen atoms in total. The number of ether oxygens (including phenoxy) is 2. The van der Waals surface area contributed by atoms with E-state index in [2.05, 4.69) is 5.32 Å². The second-order valence-corrected chi connectivity index (χ2v) is 8.01. The molecule has 29 heavy (non-hydrogen) atoms. The number of likely N-dealkylation sites (N-methyl/N-ethyl adjacent to an activating group) is 1. The Balaban J connectivity index is 2.10. The van der Waals surface area contributed by atoms with Gasteiger partial charge >= 0.3 is 6.09 Å². The average molecular weight is 399 g/mol. The number of methoxy groups -OCH3 is 1. The molecule has 0 aliphatic heterocycles. The number of nitrogens with zero attached hydrogens (tertiary/aromatic N) is 1. The van der Waals surface area contributed by atoms with Crippen LogP contribution >= 0.6 is 0 Å². The number of hydrogen-bond acceptors (Lipinski definition) is 4. The highest BCUT2D eigenvalue weighted by molar-refractivity contribution is 5.96. The topological polar surface area (TPSA) is 67.9 Å². The number of rotatable bonds is 6. The number of carbonyl (C=O) groups excluding carboxylic acids is 2. The summed E-state index contributed by atoms with van der Waals surface area (Å²) >= 11 is 0. The van der Waals surface area contributed by atoms with Gasteiger partial charge in [-0.15, -0.1) is 0 Å². The summed E-state index contributed by atoms with van der Waals surface area (Å²) in [6.45, 7) is 7.60. The smallest absolute Gasteiger partial charge is 0.407 e. The van der Waals surface area contributed by atoms with Gasteiger partial charge in [0.15, 0.2) is 0 Å². The Kier molecular flexibility index (Phi) is 7.26. The van der Waals surface area contributed by atoms with Gasteiger partial charge < -0.3 is 19.7 Å². The molecule has 0 heterocycles. The van der Waals surface area contributed by atoms with E-state index in [1.165, 1.54) is 0 Å². The standard InChI is InChI=1S/C23H30N2O4/c1-16(24-22(27)29-23(2,3)4)15-25(5)21(26)18-12-13-20(28-6)19(14-18)17-10-8-7-9-11-17/h7-14,16H,15H2,1-6H3,(H,24,27). The second-order valence-electron chi connectivity index (χ2n) is 8.01. The molecule has 0 saturated carbocycles. The molecule has 0 fully saturated rings. The fourth-order valence-electron chi connectivity index (χ4n) is 2.95. The first-order chi connectivity index (χ1) is 13.6. The van der Waals surface area contributed by atoms with Crippen molar-refractivity contribution in [3.8, 4) is 16.9 Å². The Morgan fingerprint density at radius 2 is 1.76 bits per heavy atom. The third-order valence-electron chi connectivity index (χ3n) is 4.19. The Morgan fingerprint density at radius 1 is 1.10 bits per heavy atom. The molecule has 156 valence electrons. The third kappa shape index (κ3) is 6.52. The number of nitrogens with one attached hydrogen (secondary N) is 1. The van der Waals surface area contributed by atoms with Gasteiger partial charge in [-0.2, -0.15) is 0 Å². The molecule has 0 aromatic heterocycles. The van der Waals surface area contributed by atoms with Crippen LogP contribution in [-0.2, 0) is 4.74 Å². The highest BCUT2D eigenvalue weighted by Gasteiger charge is 2.20. The SMILES string of the molecule is COc1ccc(C(=O)N(C)CC(C)NC(=O)OC(C)(C)C)cc1-c1ccccc1. The number of amides is 2. The summed E-state index contributed by atoms with van der Waals surface area (Å²) in [6, 6.07) is 14.9. The van der Waals surface area contributed by atoms with Crippen molar-refractivity contribution in [3.63, 3.8) is 0 Å². The van der Waals surface area contributed by atoms with Crippen molar-refractivity contribution in [2.24, 2.45) is 0 Å². The maximum atomic E-state index is 12.9. The molecule has 0 bridgehead atoms. The van der Waals surface area contributed by atoms with E-state index in [1.807, 2.05) is 43.3 Å². The van der Waals surface area contributed by atoms with Crippen molar-refractivity contribution in [2.45, 2.75) is 39.3 Å². The molecule has 1 unspecified atom stereocenters. The number of benzene rings is 2. The van der Waals surface area contributed by atoms with Crippen LogP contribution in [0.5, 0.6) is 5.75 Å². The fraction of sp³-hybridized carbons (Fsp3) is 0.391. The van der Waals surface area contributed by atoms with Gasteiger partial charge in [-0.05, 0) is 51.5 Å². The molecule has 2 amide bonds. The summed E-state index contributed by atoms with van der Waals surface area (Å²) in [5.74, 6) is 0.568. The molecular weight excluding hydrogens is 368 g/mol. The Bertz CT molecular complexity index is 844. The van der Waals surface area contributed by atoms with E-state index in [-0.39, 0.29) is 11.9 Å². The van der Waals surface area contributed by atoms with Gasteiger partial charge in [-0.3, -0.25) is 4.79 Å². The molecule has 0 aliphatic rings. The highest BCUT2D eigenvalue weighted by atomic mass is 16.6. The number of alkyl carbamates (subject to hydrolysis) is 1. The van der Waals surface area contributed by atoms with Crippen LogP contribution in [0.15, 0.2) is 48.5 Å². The van der Waals surface area contributed by atoms with E-state index in [0.717, 1.165) is 11.1 Å². The first kappa shape index (κ1) is 22.3. The second kappa shape index (κ2) is 9.45. The lowest BCUT2D eigenvalue weighted by molar-refractivity contribution is 0.0491. The van der Waals surface area contributed by atoms with E-state index >= 15 is 0 Å². The molecule has 0 aliphatic carbocycles. The predicted molar refractivity (Wildman–Crippen MR) is 114 cm³/mol. The van der Waals surface area contributed by atoms with Crippen LogP contribution in [0.4, 0.5) is 4.79 Å². The summed E-state index contributed by atoms with van der Waals surface area (Å²) in [5, 5.41) is 2.75. The minimum Gasteiger partial charge on any atom is -0.496 e. The van der Waals surface area contributed by atoms with Gasteiger partial charge in [0.25, 0.3) is 5.91 Å². The third-order valence-corrected chi connectivity index (χ3v) is 4.19. The van der Waals surface area contributed by atoms with Gasteiger partial charge in [0.2, 0.25) is 0 Å². The minimum atomic E-state index is -0.567. The molecule has 1 atom stereocenters. The van der Waals surface area contributed by atoms with Crippen LogP contribution in [0, 0.1) is 0 Å². The van der Waals surface area contributed by atoms with Gasteiger partial charge in [0.05, 0.1) is 7.11 Å². The predicted octanol–water partition coefficient (Wildman–Crippen LogP) is 4.35. The van der Waals surface area contributed by atoms with Crippen molar-refractivity contribution in [3.05, 3.63) is 54.1 Å². The first-order valence-electron chi connectivity index (χ1n) is 9.59. The summed E-state index contributed by atoms with van der Waals surface area (Å²) in [4.78, 5) is 26.4. The Hall–Kier alpha value is -3.02. The zero-order valence-corrected chi connectivity index (χ0v) is 18.0. The molecule has 0 saturated heterocycles. The maximum Gasteiger partial charge on any atom is 0.407 e. The molecule has 0 radical (unpaired) electrons. The summed E-state index contributed by atoms with van der Waals surface area (Å²) in [5.41, 5.74) is 1.81. The van der Waals surface area contributed by atoms with Crippen molar-refractivity contribution >= 4 is 12.0 Å². The molecule has 2 aromatic carbocycles. The van der Waals surface area contributed by atoms with Crippen LogP contribution in [0.2, 0.25) is 0 Å². The first-order valence-corrected chi connectivity index (χ1v) is 9.59.